The minimum absolute atomic E-state index is 0.102. The maximum Gasteiger partial charge on any atom is 0.251 e. The SMILES string of the molecule is CCCc1nc(-c2ccncc2C)cc(=O)[nH]1. The molecule has 1 N–H and O–H groups in total. The van der Waals surface area contributed by atoms with Crippen molar-refractivity contribution in [1.82, 2.24) is 15.0 Å². The number of aryl methyl sites for hydroxylation is 2. The molecule has 4 nitrogen and oxygen atoms in total. The van der Waals surface area contributed by atoms with E-state index < -0.39 is 0 Å². The van der Waals surface area contributed by atoms with Gasteiger partial charge in [0.1, 0.15) is 5.82 Å². The fourth-order valence-electron chi connectivity index (χ4n) is 1.76. The molecule has 17 heavy (non-hydrogen) atoms. The van der Waals surface area contributed by atoms with Crippen LogP contribution in [-0.2, 0) is 6.42 Å². The van der Waals surface area contributed by atoms with Crippen molar-refractivity contribution in [3.8, 4) is 11.3 Å². The number of H-pyrrole nitrogens is 1. The lowest BCUT2D eigenvalue weighted by molar-refractivity contribution is 0.827. The number of nitrogens with zero attached hydrogens (tertiary/aromatic N) is 2. The number of rotatable bonds is 3. The van der Waals surface area contributed by atoms with E-state index in [9.17, 15) is 4.79 Å². The van der Waals surface area contributed by atoms with Crippen molar-refractivity contribution < 1.29 is 0 Å². The first kappa shape index (κ1) is 11.5. The van der Waals surface area contributed by atoms with Crippen LogP contribution in [0.2, 0.25) is 0 Å². The van der Waals surface area contributed by atoms with Gasteiger partial charge in [-0.2, -0.15) is 0 Å². The molecule has 2 aromatic rings. The quantitative estimate of drug-likeness (QED) is 0.876. The number of hydrogen-bond donors (Lipinski definition) is 1. The van der Waals surface area contributed by atoms with Gasteiger partial charge in [0.05, 0.1) is 5.69 Å². The standard InChI is InChI=1S/C13H15N3O/c1-3-4-12-15-11(7-13(17)16-12)10-5-6-14-8-9(10)2/h5-8H,3-4H2,1-2H3,(H,15,16,17). The molecule has 0 atom stereocenters. The van der Waals surface area contributed by atoms with Crippen LogP contribution in [-0.4, -0.2) is 15.0 Å². The van der Waals surface area contributed by atoms with Crippen molar-refractivity contribution in [2.45, 2.75) is 26.7 Å². The van der Waals surface area contributed by atoms with E-state index in [1.807, 2.05) is 13.0 Å². The van der Waals surface area contributed by atoms with Gasteiger partial charge in [-0.15, -0.1) is 0 Å². The number of hydrogen-bond acceptors (Lipinski definition) is 3. The Morgan fingerprint density at radius 3 is 2.94 bits per heavy atom. The molecule has 0 radical (unpaired) electrons. The Morgan fingerprint density at radius 2 is 2.24 bits per heavy atom. The summed E-state index contributed by atoms with van der Waals surface area (Å²) in [7, 11) is 0. The van der Waals surface area contributed by atoms with E-state index in [1.165, 1.54) is 6.07 Å². The van der Waals surface area contributed by atoms with Crippen molar-refractivity contribution in [2.24, 2.45) is 0 Å². The van der Waals surface area contributed by atoms with E-state index in [2.05, 4.69) is 21.9 Å². The van der Waals surface area contributed by atoms with Gasteiger partial charge in [-0.05, 0) is 25.0 Å². The normalized spacial score (nSPS) is 10.5. The van der Waals surface area contributed by atoms with Crippen LogP contribution < -0.4 is 5.56 Å². The maximum atomic E-state index is 11.6. The minimum atomic E-state index is -0.102. The summed E-state index contributed by atoms with van der Waals surface area (Å²) in [4.78, 5) is 22.8. The monoisotopic (exact) mass is 229 g/mol. The predicted octanol–water partition coefficient (Wildman–Crippen LogP) is 2.09. The lowest BCUT2D eigenvalue weighted by atomic mass is 10.1. The number of aromatic nitrogens is 3. The zero-order chi connectivity index (χ0) is 12.3. The predicted molar refractivity (Wildman–Crippen MR) is 66.8 cm³/mol. The third-order valence-corrected chi connectivity index (χ3v) is 2.57. The van der Waals surface area contributed by atoms with Gasteiger partial charge in [0.25, 0.3) is 5.56 Å². The molecule has 4 heteroatoms. The first-order valence-electron chi connectivity index (χ1n) is 5.72. The number of pyridine rings is 1. The molecule has 0 saturated heterocycles. The second-order valence-corrected chi connectivity index (χ2v) is 4.02. The molecule has 0 saturated carbocycles. The highest BCUT2D eigenvalue weighted by molar-refractivity contribution is 5.61. The van der Waals surface area contributed by atoms with Gasteiger partial charge in [0.15, 0.2) is 0 Å². The van der Waals surface area contributed by atoms with E-state index in [-0.39, 0.29) is 5.56 Å². The Morgan fingerprint density at radius 1 is 1.41 bits per heavy atom. The molecule has 88 valence electrons. The molecule has 0 aliphatic heterocycles. The zero-order valence-corrected chi connectivity index (χ0v) is 10.0. The summed E-state index contributed by atoms with van der Waals surface area (Å²) >= 11 is 0. The highest BCUT2D eigenvalue weighted by Gasteiger charge is 2.06. The van der Waals surface area contributed by atoms with E-state index in [0.29, 0.717) is 0 Å². The van der Waals surface area contributed by atoms with Crippen LogP contribution in [0.5, 0.6) is 0 Å². The molecule has 0 aromatic carbocycles. The summed E-state index contributed by atoms with van der Waals surface area (Å²) in [5.41, 5.74) is 2.60. The van der Waals surface area contributed by atoms with Gasteiger partial charge in [-0.1, -0.05) is 6.92 Å². The van der Waals surface area contributed by atoms with Crippen LogP contribution >= 0.6 is 0 Å². The lowest BCUT2D eigenvalue weighted by Crippen LogP contribution is -2.11. The summed E-state index contributed by atoms with van der Waals surface area (Å²) in [5.74, 6) is 0.742. The molecule has 0 amide bonds. The maximum absolute atomic E-state index is 11.6. The molecule has 0 aliphatic carbocycles. The topological polar surface area (TPSA) is 58.6 Å². The fourth-order valence-corrected chi connectivity index (χ4v) is 1.76. The van der Waals surface area contributed by atoms with Gasteiger partial charge < -0.3 is 4.98 Å². The van der Waals surface area contributed by atoms with Crippen LogP contribution in [0.15, 0.2) is 29.3 Å². The largest absolute Gasteiger partial charge is 0.311 e. The number of aromatic amines is 1. The van der Waals surface area contributed by atoms with Gasteiger partial charge >= 0.3 is 0 Å². The van der Waals surface area contributed by atoms with Gasteiger partial charge in [0, 0.05) is 30.4 Å². The summed E-state index contributed by atoms with van der Waals surface area (Å²) in [5, 5.41) is 0. The Balaban J connectivity index is 2.52. The van der Waals surface area contributed by atoms with Crippen molar-refractivity contribution in [3.05, 3.63) is 46.3 Å². The summed E-state index contributed by atoms with van der Waals surface area (Å²) in [6.07, 6.45) is 5.23. The highest BCUT2D eigenvalue weighted by atomic mass is 16.1. The summed E-state index contributed by atoms with van der Waals surface area (Å²) < 4.78 is 0. The third kappa shape index (κ3) is 2.58. The van der Waals surface area contributed by atoms with Crippen molar-refractivity contribution in [3.63, 3.8) is 0 Å². The third-order valence-electron chi connectivity index (χ3n) is 2.57. The first-order valence-corrected chi connectivity index (χ1v) is 5.72. The average molecular weight is 229 g/mol. The summed E-state index contributed by atoms with van der Waals surface area (Å²) in [6, 6.07) is 3.41. The van der Waals surface area contributed by atoms with E-state index in [4.69, 9.17) is 0 Å². The smallest absolute Gasteiger partial charge is 0.251 e. The Bertz CT molecular complexity index is 575. The molecule has 2 aromatic heterocycles. The van der Waals surface area contributed by atoms with E-state index in [1.54, 1.807) is 12.4 Å². The second kappa shape index (κ2) is 4.91. The number of nitrogens with one attached hydrogen (secondary N) is 1. The molecule has 0 bridgehead atoms. The molecular formula is C13H15N3O. The van der Waals surface area contributed by atoms with Gasteiger partial charge in [0.2, 0.25) is 0 Å². The van der Waals surface area contributed by atoms with Crippen LogP contribution in [0.3, 0.4) is 0 Å². The van der Waals surface area contributed by atoms with Crippen LogP contribution in [0.1, 0.15) is 24.7 Å². The summed E-state index contributed by atoms with van der Waals surface area (Å²) in [6.45, 7) is 4.02. The van der Waals surface area contributed by atoms with Crippen LogP contribution in [0.25, 0.3) is 11.3 Å². The molecule has 2 heterocycles. The molecular weight excluding hydrogens is 214 g/mol. The van der Waals surface area contributed by atoms with Crippen molar-refractivity contribution in [2.75, 3.05) is 0 Å². The lowest BCUT2D eigenvalue weighted by Gasteiger charge is -2.05. The molecule has 0 spiro atoms. The van der Waals surface area contributed by atoms with E-state index >= 15 is 0 Å². The molecule has 0 aliphatic rings. The molecule has 0 fully saturated rings. The van der Waals surface area contributed by atoms with Crippen LogP contribution in [0.4, 0.5) is 0 Å². The fraction of sp³-hybridized carbons (Fsp3) is 0.308. The van der Waals surface area contributed by atoms with Gasteiger partial charge in [-0.25, -0.2) is 4.98 Å². The Hall–Kier alpha value is -1.97. The average Bonchev–Trinajstić information content (AvgIpc) is 2.29. The highest BCUT2D eigenvalue weighted by Crippen LogP contribution is 2.18. The van der Waals surface area contributed by atoms with E-state index in [0.717, 1.165) is 35.5 Å². The van der Waals surface area contributed by atoms with Gasteiger partial charge in [-0.3, -0.25) is 9.78 Å². The van der Waals surface area contributed by atoms with Crippen LogP contribution in [0, 0.1) is 6.92 Å². The molecule has 0 unspecified atom stereocenters. The van der Waals surface area contributed by atoms with Crippen molar-refractivity contribution >= 4 is 0 Å². The minimum Gasteiger partial charge on any atom is -0.311 e. The Labute approximate surface area is 99.8 Å². The van der Waals surface area contributed by atoms with Crippen molar-refractivity contribution in [1.29, 1.82) is 0 Å². The Kier molecular flexibility index (Phi) is 3.32. The molecule has 2 rings (SSSR count). The zero-order valence-electron chi connectivity index (χ0n) is 10.0. The second-order valence-electron chi connectivity index (χ2n) is 4.02. The first-order chi connectivity index (χ1) is 8.20.